The van der Waals surface area contributed by atoms with Crippen molar-refractivity contribution in [2.24, 2.45) is 5.10 Å². The molecule has 2 N–H and O–H groups in total. The van der Waals surface area contributed by atoms with Gasteiger partial charge in [0.25, 0.3) is 0 Å². The number of nitrogens with one attached hydrogen (secondary N) is 2. The molecule has 8 heteroatoms. The second kappa shape index (κ2) is 9.09. The van der Waals surface area contributed by atoms with E-state index in [1.165, 1.54) is 11.3 Å². The van der Waals surface area contributed by atoms with Gasteiger partial charge in [0.15, 0.2) is 0 Å². The maximum Gasteiger partial charge on any atom is 0.240 e. The molecular weight excluding hydrogens is 392 g/mol. The van der Waals surface area contributed by atoms with E-state index in [2.05, 4.69) is 20.2 Å². The van der Waals surface area contributed by atoms with Gasteiger partial charge < -0.3 is 0 Å². The Balaban J connectivity index is 1.68. The third-order valence-electron chi connectivity index (χ3n) is 4.02. The molecule has 0 amide bonds. The summed E-state index contributed by atoms with van der Waals surface area (Å²) in [6.07, 6.45) is 0.748. The standard InChI is InChI=1S/C20H22N4O2S2/c1-3-13-21-28(25,26)18-11-9-16(10-12-18)15(2)23-24-20-22-19(14-27-20)17-7-5-4-6-8-17/h4-12,14,21H,3,13H2,1-2H3,(H,22,24)/b23-15-. The third kappa shape index (κ3) is 5.03. The largest absolute Gasteiger partial charge is 0.252 e. The highest BCUT2D eigenvalue weighted by molar-refractivity contribution is 7.89. The van der Waals surface area contributed by atoms with Gasteiger partial charge in [-0.1, -0.05) is 49.4 Å². The summed E-state index contributed by atoms with van der Waals surface area (Å²) in [6.45, 7) is 4.20. The average molecular weight is 415 g/mol. The molecule has 1 heterocycles. The van der Waals surface area contributed by atoms with Gasteiger partial charge in [-0.3, -0.25) is 5.43 Å². The summed E-state index contributed by atoms with van der Waals surface area (Å²) in [5.74, 6) is 0. The SMILES string of the molecule is CCCNS(=O)(=O)c1ccc(/C(C)=N\Nc2nc(-c3ccccc3)cs2)cc1. The summed E-state index contributed by atoms with van der Waals surface area (Å²) < 4.78 is 26.8. The molecule has 0 bridgehead atoms. The van der Waals surface area contributed by atoms with Gasteiger partial charge in [0, 0.05) is 17.5 Å². The summed E-state index contributed by atoms with van der Waals surface area (Å²) in [7, 11) is -3.46. The Bertz CT molecular complexity index is 1040. The fourth-order valence-corrected chi connectivity index (χ4v) is 4.25. The van der Waals surface area contributed by atoms with Gasteiger partial charge in [0.2, 0.25) is 15.2 Å². The lowest BCUT2D eigenvalue weighted by Gasteiger charge is -2.07. The number of hydrogen-bond donors (Lipinski definition) is 2. The number of rotatable bonds is 8. The fraction of sp³-hybridized carbons (Fsp3) is 0.200. The highest BCUT2D eigenvalue weighted by atomic mass is 32.2. The maximum absolute atomic E-state index is 12.1. The van der Waals surface area contributed by atoms with Gasteiger partial charge in [0.05, 0.1) is 16.3 Å². The minimum absolute atomic E-state index is 0.248. The van der Waals surface area contributed by atoms with Gasteiger partial charge in [-0.2, -0.15) is 5.10 Å². The van der Waals surface area contributed by atoms with Crippen molar-refractivity contribution >= 4 is 32.2 Å². The molecule has 0 unspecified atom stereocenters. The number of thiazole rings is 1. The molecule has 6 nitrogen and oxygen atoms in total. The highest BCUT2D eigenvalue weighted by Gasteiger charge is 2.13. The molecule has 0 saturated carbocycles. The van der Waals surface area contributed by atoms with Gasteiger partial charge in [-0.25, -0.2) is 18.1 Å². The van der Waals surface area contributed by atoms with Crippen molar-refractivity contribution in [3.8, 4) is 11.3 Å². The fourth-order valence-electron chi connectivity index (χ4n) is 2.46. The topological polar surface area (TPSA) is 83.5 Å². The first-order chi connectivity index (χ1) is 13.5. The van der Waals surface area contributed by atoms with E-state index in [-0.39, 0.29) is 4.90 Å². The summed E-state index contributed by atoms with van der Waals surface area (Å²) in [5.41, 5.74) is 6.50. The van der Waals surface area contributed by atoms with E-state index in [1.807, 2.05) is 49.6 Å². The van der Waals surface area contributed by atoms with Crippen molar-refractivity contribution in [1.82, 2.24) is 9.71 Å². The van der Waals surface area contributed by atoms with Crippen LogP contribution in [0.5, 0.6) is 0 Å². The van der Waals surface area contributed by atoms with Crippen LogP contribution < -0.4 is 10.1 Å². The van der Waals surface area contributed by atoms with Crippen LogP contribution >= 0.6 is 11.3 Å². The van der Waals surface area contributed by atoms with Crippen molar-refractivity contribution in [2.75, 3.05) is 12.0 Å². The minimum Gasteiger partial charge on any atom is -0.252 e. The predicted molar refractivity (Wildman–Crippen MR) is 115 cm³/mol. The van der Waals surface area contributed by atoms with Crippen molar-refractivity contribution in [1.29, 1.82) is 0 Å². The molecule has 0 spiro atoms. The molecule has 0 aliphatic carbocycles. The van der Waals surface area contributed by atoms with Crippen LogP contribution in [0.1, 0.15) is 25.8 Å². The second-order valence-electron chi connectivity index (χ2n) is 6.14. The molecule has 2 aromatic carbocycles. The Morgan fingerprint density at radius 2 is 1.82 bits per heavy atom. The highest BCUT2D eigenvalue weighted by Crippen LogP contribution is 2.24. The van der Waals surface area contributed by atoms with Crippen LogP contribution in [0.15, 0.2) is 70.0 Å². The van der Waals surface area contributed by atoms with Crippen molar-refractivity contribution in [3.63, 3.8) is 0 Å². The Morgan fingerprint density at radius 3 is 2.50 bits per heavy atom. The van der Waals surface area contributed by atoms with Crippen LogP contribution in [0.3, 0.4) is 0 Å². The van der Waals surface area contributed by atoms with Gasteiger partial charge in [-0.05, 0) is 31.0 Å². The van der Waals surface area contributed by atoms with Crippen LogP contribution in [-0.2, 0) is 10.0 Å². The first-order valence-corrected chi connectivity index (χ1v) is 11.3. The molecule has 28 heavy (non-hydrogen) atoms. The zero-order chi connectivity index (χ0) is 20.0. The molecule has 146 valence electrons. The van der Waals surface area contributed by atoms with Crippen molar-refractivity contribution in [3.05, 3.63) is 65.5 Å². The molecule has 0 aliphatic heterocycles. The Kier molecular flexibility index (Phi) is 6.56. The number of hydrazone groups is 1. The van der Waals surface area contributed by atoms with E-state index in [4.69, 9.17) is 0 Å². The van der Waals surface area contributed by atoms with E-state index in [9.17, 15) is 8.42 Å². The first-order valence-electron chi connectivity index (χ1n) is 8.91. The number of sulfonamides is 1. The smallest absolute Gasteiger partial charge is 0.240 e. The number of aromatic nitrogens is 1. The molecule has 0 aliphatic rings. The molecule has 3 rings (SSSR count). The van der Waals surface area contributed by atoms with Crippen LogP contribution in [0.4, 0.5) is 5.13 Å². The molecule has 0 fully saturated rings. The Labute approximate surface area is 169 Å². The average Bonchev–Trinajstić information content (AvgIpc) is 3.20. The zero-order valence-electron chi connectivity index (χ0n) is 15.7. The van der Waals surface area contributed by atoms with Crippen LogP contribution in [0.2, 0.25) is 0 Å². The molecular formula is C20H22N4O2S2. The molecule has 0 saturated heterocycles. The van der Waals surface area contributed by atoms with Crippen LogP contribution in [0, 0.1) is 0 Å². The Hall–Kier alpha value is -2.55. The number of anilines is 1. The molecule has 3 aromatic rings. The van der Waals surface area contributed by atoms with Gasteiger partial charge >= 0.3 is 0 Å². The van der Waals surface area contributed by atoms with Gasteiger partial charge in [0.1, 0.15) is 0 Å². The summed E-state index contributed by atoms with van der Waals surface area (Å²) in [5, 5.41) is 7.04. The predicted octanol–water partition coefficient (Wildman–Crippen LogP) is 4.33. The first kappa shape index (κ1) is 20.2. The lowest BCUT2D eigenvalue weighted by Crippen LogP contribution is -2.24. The van der Waals surface area contributed by atoms with Crippen LogP contribution in [0.25, 0.3) is 11.3 Å². The minimum atomic E-state index is -3.46. The van der Waals surface area contributed by atoms with Crippen LogP contribution in [-0.4, -0.2) is 25.7 Å². The lowest BCUT2D eigenvalue weighted by atomic mass is 10.1. The second-order valence-corrected chi connectivity index (χ2v) is 8.76. The third-order valence-corrected chi connectivity index (χ3v) is 6.24. The van der Waals surface area contributed by atoms with Gasteiger partial charge in [-0.15, -0.1) is 11.3 Å². The van der Waals surface area contributed by atoms with Crippen molar-refractivity contribution < 1.29 is 8.42 Å². The van der Waals surface area contributed by atoms with E-state index in [1.54, 1.807) is 24.3 Å². The monoisotopic (exact) mass is 414 g/mol. The number of hydrogen-bond acceptors (Lipinski definition) is 6. The number of benzene rings is 2. The van der Waals surface area contributed by atoms with Crippen molar-refractivity contribution in [2.45, 2.75) is 25.2 Å². The normalized spacial score (nSPS) is 12.1. The number of nitrogens with zero attached hydrogens (tertiary/aromatic N) is 2. The summed E-state index contributed by atoms with van der Waals surface area (Å²) >= 11 is 1.48. The van der Waals surface area contributed by atoms with E-state index < -0.39 is 10.0 Å². The van der Waals surface area contributed by atoms with E-state index in [0.29, 0.717) is 11.7 Å². The van der Waals surface area contributed by atoms with E-state index in [0.717, 1.165) is 29.0 Å². The van der Waals surface area contributed by atoms with E-state index >= 15 is 0 Å². The molecule has 0 atom stereocenters. The molecule has 1 aromatic heterocycles. The summed E-state index contributed by atoms with van der Waals surface area (Å²) in [4.78, 5) is 4.78. The quantitative estimate of drug-likeness (QED) is 0.424. The lowest BCUT2D eigenvalue weighted by molar-refractivity contribution is 0.581. The maximum atomic E-state index is 12.1. The molecule has 0 radical (unpaired) electrons. The Morgan fingerprint density at radius 1 is 1.11 bits per heavy atom. The zero-order valence-corrected chi connectivity index (χ0v) is 17.3. The summed E-state index contributed by atoms with van der Waals surface area (Å²) in [6, 6.07) is 16.6.